The van der Waals surface area contributed by atoms with Gasteiger partial charge in [-0.1, -0.05) is 37.9 Å². The fourth-order valence-corrected chi connectivity index (χ4v) is 6.00. The molecule has 0 saturated carbocycles. The molecule has 160 valence electrons. The van der Waals surface area contributed by atoms with Crippen molar-refractivity contribution in [2.24, 2.45) is 0 Å². The number of aryl methyl sites for hydroxylation is 2. The van der Waals surface area contributed by atoms with Crippen molar-refractivity contribution in [3.8, 4) is 0 Å². The van der Waals surface area contributed by atoms with Crippen LogP contribution in [0.1, 0.15) is 55.2 Å². The summed E-state index contributed by atoms with van der Waals surface area (Å²) in [6.07, 6.45) is 9.09. The molecule has 3 aromatic rings. The molecule has 0 unspecified atom stereocenters. The third-order valence-electron chi connectivity index (χ3n) is 5.40. The molecular formula is C22H27N3O3S2. The first-order valence-corrected chi connectivity index (χ1v) is 12.4. The highest BCUT2D eigenvalue weighted by Gasteiger charge is 2.23. The van der Waals surface area contributed by atoms with Gasteiger partial charge in [-0.15, -0.1) is 11.3 Å². The summed E-state index contributed by atoms with van der Waals surface area (Å²) in [5.41, 5.74) is 1.27. The fourth-order valence-electron chi connectivity index (χ4n) is 3.84. The average molecular weight is 446 g/mol. The molecule has 1 aliphatic carbocycles. The monoisotopic (exact) mass is 445 g/mol. The van der Waals surface area contributed by atoms with Gasteiger partial charge in [-0.2, -0.15) is 0 Å². The summed E-state index contributed by atoms with van der Waals surface area (Å²) in [5.74, 6) is 0.837. The lowest BCUT2D eigenvalue weighted by atomic mass is 10.2. The summed E-state index contributed by atoms with van der Waals surface area (Å²) < 4.78 is 7.04. The first-order chi connectivity index (χ1) is 14.7. The zero-order valence-corrected chi connectivity index (χ0v) is 18.9. The Morgan fingerprint density at radius 1 is 1.33 bits per heavy atom. The minimum atomic E-state index is -0.100. The van der Waals surface area contributed by atoms with Gasteiger partial charge in [-0.3, -0.25) is 14.2 Å². The largest absolute Gasteiger partial charge is 0.467 e. The van der Waals surface area contributed by atoms with Crippen LogP contribution in [0, 0.1) is 0 Å². The second-order valence-electron chi connectivity index (χ2n) is 7.59. The van der Waals surface area contributed by atoms with Gasteiger partial charge in [0, 0.05) is 11.4 Å². The normalized spacial score (nSPS) is 13.1. The van der Waals surface area contributed by atoms with Crippen LogP contribution in [0.15, 0.2) is 32.8 Å². The van der Waals surface area contributed by atoms with Crippen LogP contribution in [-0.4, -0.2) is 21.2 Å². The Labute approximate surface area is 184 Å². The van der Waals surface area contributed by atoms with E-state index in [9.17, 15) is 9.59 Å². The van der Waals surface area contributed by atoms with E-state index in [4.69, 9.17) is 9.40 Å². The zero-order valence-electron chi connectivity index (χ0n) is 17.2. The third-order valence-corrected chi connectivity index (χ3v) is 7.56. The molecule has 0 bridgehead atoms. The molecule has 1 amide bonds. The topological polar surface area (TPSA) is 77.1 Å². The Kier molecular flexibility index (Phi) is 6.94. The van der Waals surface area contributed by atoms with E-state index in [1.807, 2.05) is 6.07 Å². The van der Waals surface area contributed by atoms with E-state index in [0.717, 1.165) is 55.2 Å². The molecule has 3 heterocycles. The highest BCUT2D eigenvalue weighted by Crippen LogP contribution is 2.35. The van der Waals surface area contributed by atoms with Crippen LogP contribution >= 0.6 is 23.1 Å². The maximum atomic E-state index is 13.4. The van der Waals surface area contributed by atoms with E-state index in [-0.39, 0.29) is 17.2 Å². The van der Waals surface area contributed by atoms with E-state index in [0.29, 0.717) is 24.0 Å². The lowest BCUT2D eigenvalue weighted by molar-refractivity contribution is -0.118. The van der Waals surface area contributed by atoms with Crippen LogP contribution in [0.25, 0.3) is 10.2 Å². The molecule has 1 N–H and O–H groups in total. The number of hydrogen-bond donors (Lipinski definition) is 1. The number of fused-ring (bicyclic) bond motifs is 3. The number of hydrogen-bond acceptors (Lipinski definition) is 6. The summed E-state index contributed by atoms with van der Waals surface area (Å²) in [7, 11) is 0. The number of nitrogens with one attached hydrogen (secondary N) is 1. The van der Waals surface area contributed by atoms with E-state index >= 15 is 0 Å². The second-order valence-corrected chi connectivity index (χ2v) is 9.62. The highest BCUT2D eigenvalue weighted by atomic mass is 32.2. The minimum Gasteiger partial charge on any atom is -0.467 e. The number of carbonyl (C=O) groups is 1. The van der Waals surface area contributed by atoms with Gasteiger partial charge in [0.1, 0.15) is 10.6 Å². The van der Waals surface area contributed by atoms with Crippen molar-refractivity contribution in [3.63, 3.8) is 0 Å². The smallest absolute Gasteiger partial charge is 0.263 e. The average Bonchev–Trinajstić information content (AvgIpc) is 3.46. The molecule has 0 aromatic carbocycles. The standard InChI is InChI=1S/C22H27N3O3S2/c1-2-3-4-5-11-25-21(27)19-16-9-6-10-17(16)30-20(19)24-22(25)29-14-18(26)23-13-15-8-7-12-28-15/h7-8,12H,2-6,9-11,13-14H2,1H3,(H,23,26). The van der Waals surface area contributed by atoms with Gasteiger partial charge in [0.05, 0.1) is 23.9 Å². The molecule has 1 aliphatic rings. The van der Waals surface area contributed by atoms with Crippen molar-refractivity contribution < 1.29 is 9.21 Å². The Hall–Kier alpha value is -2.06. The van der Waals surface area contributed by atoms with Crippen molar-refractivity contribution >= 4 is 39.2 Å². The summed E-state index contributed by atoms with van der Waals surface area (Å²) >= 11 is 2.99. The number of furan rings is 1. The van der Waals surface area contributed by atoms with Gasteiger partial charge in [-0.25, -0.2) is 4.98 Å². The fraction of sp³-hybridized carbons (Fsp3) is 0.500. The first-order valence-electron chi connectivity index (χ1n) is 10.6. The lowest BCUT2D eigenvalue weighted by Crippen LogP contribution is -2.26. The number of thiophene rings is 1. The number of aromatic nitrogens is 2. The first kappa shape index (κ1) is 21.2. The van der Waals surface area contributed by atoms with Crippen molar-refractivity contribution in [2.75, 3.05) is 5.75 Å². The number of amides is 1. The van der Waals surface area contributed by atoms with Crippen molar-refractivity contribution in [1.29, 1.82) is 0 Å². The quantitative estimate of drug-likeness (QED) is 0.282. The summed E-state index contributed by atoms with van der Waals surface area (Å²) in [6.45, 7) is 3.19. The van der Waals surface area contributed by atoms with Crippen LogP contribution in [0.2, 0.25) is 0 Å². The van der Waals surface area contributed by atoms with Gasteiger partial charge in [0.15, 0.2) is 5.16 Å². The van der Waals surface area contributed by atoms with Crippen molar-refractivity contribution in [3.05, 3.63) is 45.0 Å². The maximum Gasteiger partial charge on any atom is 0.263 e. The van der Waals surface area contributed by atoms with Crippen LogP contribution in [0.3, 0.4) is 0 Å². The van der Waals surface area contributed by atoms with E-state index in [1.54, 1.807) is 28.2 Å². The van der Waals surface area contributed by atoms with Gasteiger partial charge in [0.25, 0.3) is 5.56 Å². The number of carbonyl (C=O) groups excluding carboxylic acids is 1. The molecule has 0 saturated heterocycles. The predicted octanol–water partition coefficient (Wildman–Crippen LogP) is 4.53. The Balaban J connectivity index is 1.52. The number of unbranched alkanes of at least 4 members (excludes halogenated alkanes) is 3. The Bertz CT molecular complexity index is 1070. The van der Waals surface area contributed by atoms with Crippen LogP contribution < -0.4 is 10.9 Å². The maximum absolute atomic E-state index is 13.4. The van der Waals surface area contributed by atoms with Crippen LogP contribution in [0.4, 0.5) is 0 Å². The van der Waals surface area contributed by atoms with Gasteiger partial charge in [0.2, 0.25) is 5.91 Å². The van der Waals surface area contributed by atoms with E-state index in [1.165, 1.54) is 22.2 Å². The molecule has 3 aromatic heterocycles. The lowest BCUT2D eigenvalue weighted by Gasteiger charge is -2.12. The summed E-state index contributed by atoms with van der Waals surface area (Å²) in [5, 5.41) is 4.32. The molecule has 0 spiro atoms. The molecule has 0 aliphatic heterocycles. The number of thioether (sulfide) groups is 1. The predicted molar refractivity (Wildman–Crippen MR) is 121 cm³/mol. The third kappa shape index (κ3) is 4.64. The number of rotatable bonds is 10. The van der Waals surface area contributed by atoms with E-state index in [2.05, 4.69) is 12.2 Å². The Morgan fingerprint density at radius 2 is 2.23 bits per heavy atom. The minimum absolute atomic E-state index is 0.0643. The molecule has 30 heavy (non-hydrogen) atoms. The van der Waals surface area contributed by atoms with Crippen molar-refractivity contribution in [2.45, 2.75) is 70.1 Å². The molecule has 6 nitrogen and oxygen atoms in total. The van der Waals surface area contributed by atoms with Crippen LogP contribution in [0.5, 0.6) is 0 Å². The Morgan fingerprint density at radius 3 is 3.03 bits per heavy atom. The second kappa shape index (κ2) is 9.83. The van der Waals surface area contributed by atoms with Gasteiger partial charge < -0.3 is 9.73 Å². The van der Waals surface area contributed by atoms with E-state index < -0.39 is 0 Å². The van der Waals surface area contributed by atoms with Crippen molar-refractivity contribution in [1.82, 2.24) is 14.9 Å². The molecule has 0 fully saturated rings. The summed E-state index contributed by atoms with van der Waals surface area (Å²) in [4.78, 5) is 32.6. The van der Waals surface area contributed by atoms with Gasteiger partial charge in [-0.05, 0) is 43.4 Å². The van der Waals surface area contributed by atoms with Gasteiger partial charge >= 0.3 is 0 Å². The van der Waals surface area contributed by atoms with Crippen LogP contribution in [-0.2, 0) is 30.7 Å². The SMILES string of the molecule is CCCCCCn1c(SCC(=O)NCc2ccco2)nc2sc3c(c2c1=O)CCC3. The zero-order chi connectivity index (χ0) is 20.9. The molecular weight excluding hydrogens is 418 g/mol. The summed E-state index contributed by atoms with van der Waals surface area (Å²) in [6, 6.07) is 3.62. The molecule has 0 radical (unpaired) electrons. The molecule has 4 rings (SSSR count). The molecule has 0 atom stereocenters. The highest BCUT2D eigenvalue weighted by molar-refractivity contribution is 7.99. The molecule has 8 heteroatoms. The number of nitrogens with zero attached hydrogens (tertiary/aromatic N) is 2.